The van der Waals surface area contributed by atoms with E-state index in [1.807, 2.05) is 0 Å². The zero-order valence-corrected chi connectivity index (χ0v) is 8.54. The summed E-state index contributed by atoms with van der Waals surface area (Å²) in [5, 5.41) is 6.74. The van der Waals surface area contributed by atoms with Crippen LogP contribution in [0, 0.1) is 11.6 Å². The summed E-state index contributed by atoms with van der Waals surface area (Å²) in [5.74, 6) is -0.943. The highest BCUT2D eigenvalue weighted by atomic mass is 19.1. The third kappa shape index (κ3) is 2.10. The predicted molar refractivity (Wildman–Crippen MR) is 57.3 cm³/mol. The van der Waals surface area contributed by atoms with E-state index in [1.165, 1.54) is 4.68 Å². The number of nitrogens with two attached hydrogens (primary N) is 1. The first-order chi connectivity index (χ1) is 7.54. The molecule has 1 aromatic heterocycles. The molecule has 1 heterocycles. The van der Waals surface area contributed by atoms with Gasteiger partial charge in [0, 0.05) is 25.0 Å². The average Bonchev–Trinajstić information content (AvgIpc) is 2.43. The molecule has 0 atom stereocenters. The number of nitrogens with zero attached hydrogens (tertiary/aromatic N) is 2. The summed E-state index contributed by atoms with van der Waals surface area (Å²) in [5.41, 5.74) is 6.31. The average molecular weight is 224 g/mol. The van der Waals surface area contributed by atoms with Crippen molar-refractivity contribution in [3.8, 4) is 0 Å². The first-order valence-corrected chi connectivity index (χ1v) is 4.57. The van der Waals surface area contributed by atoms with Crippen LogP contribution in [0.3, 0.4) is 0 Å². The molecule has 4 nitrogen and oxygen atoms in total. The van der Waals surface area contributed by atoms with Gasteiger partial charge in [0.15, 0.2) is 5.82 Å². The molecule has 3 N–H and O–H groups in total. The van der Waals surface area contributed by atoms with Gasteiger partial charge in [0.2, 0.25) is 0 Å². The van der Waals surface area contributed by atoms with E-state index < -0.39 is 11.6 Å². The van der Waals surface area contributed by atoms with Crippen LogP contribution in [0.2, 0.25) is 0 Å². The number of hydrogen-bond acceptors (Lipinski definition) is 3. The Balaban J connectivity index is 2.30. The summed E-state index contributed by atoms with van der Waals surface area (Å²) < 4.78 is 27.3. The molecule has 0 aliphatic heterocycles. The van der Waals surface area contributed by atoms with Crippen LogP contribution in [0.5, 0.6) is 0 Å². The van der Waals surface area contributed by atoms with E-state index in [2.05, 4.69) is 10.4 Å². The van der Waals surface area contributed by atoms with Gasteiger partial charge in [-0.3, -0.25) is 4.68 Å². The van der Waals surface area contributed by atoms with Crippen molar-refractivity contribution in [2.24, 2.45) is 7.05 Å². The molecule has 0 aliphatic rings. The lowest BCUT2D eigenvalue weighted by Gasteiger charge is -2.04. The van der Waals surface area contributed by atoms with Crippen LogP contribution in [0.1, 0.15) is 0 Å². The molecular formula is C10H10F2N4. The molecular weight excluding hydrogens is 214 g/mol. The van der Waals surface area contributed by atoms with Gasteiger partial charge in [-0.25, -0.2) is 8.78 Å². The Hall–Kier alpha value is -2.11. The van der Waals surface area contributed by atoms with Gasteiger partial charge in [-0.15, -0.1) is 0 Å². The van der Waals surface area contributed by atoms with Gasteiger partial charge in [-0.05, 0) is 12.1 Å². The van der Waals surface area contributed by atoms with E-state index in [1.54, 1.807) is 13.2 Å². The van der Waals surface area contributed by atoms with E-state index in [4.69, 9.17) is 5.73 Å². The minimum Gasteiger partial charge on any atom is -0.394 e. The summed E-state index contributed by atoms with van der Waals surface area (Å²) in [6.07, 6.45) is 1.60. The fourth-order valence-electron chi connectivity index (χ4n) is 1.37. The molecule has 0 spiro atoms. The summed E-state index contributed by atoms with van der Waals surface area (Å²) in [6, 6.07) is 3.13. The van der Waals surface area contributed by atoms with Gasteiger partial charge >= 0.3 is 0 Å². The number of halogens is 2. The maximum atomic E-state index is 12.9. The van der Waals surface area contributed by atoms with E-state index in [9.17, 15) is 8.78 Å². The number of benzene rings is 1. The number of aromatic nitrogens is 2. The quantitative estimate of drug-likeness (QED) is 0.820. The second-order valence-corrected chi connectivity index (χ2v) is 3.39. The van der Waals surface area contributed by atoms with Crippen LogP contribution < -0.4 is 11.1 Å². The summed E-state index contributed by atoms with van der Waals surface area (Å²) in [7, 11) is 1.70. The summed E-state index contributed by atoms with van der Waals surface area (Å²) in [6.45, 7) is 0. The van der Waals surface area contributed by atoms with Crippen molar-refractivity contribution in [1.82, 2.24) is 9.78 Å². The molecule has 0 fully saturated rings. The van der Waals surface area contributed by atoms with Crippen molar-refractivity contribution < 1.29 is 8.78 Å². The van der Waals surface area contributed by atoms with Crippen molar-refractivity contribution in [2.45, 2.75) is 0 Å². The van der Waals surface area contributed by atoms with Gasteiger partial charge in [0.05, 0.1) is 5.69 Å². The Bertz CT molecular complexity index is 501. The van der Waals surface area contributed by atoms with E-state index in [0.717, 1.165) is 18.2 Å². The molecule has 2 rings (SSSR count). The number of aryl methyl sites for hydroxylation is 1. The topological polar surface area (TPSA) is 55.9 Å². The van der Waals surface area contributed by atoms with Gasteiger partial charge in [0.1, 0.15) is 11.6 Å². The predicted octanol–water partition coefficient (Wildman–Crippen LogP) is 2.02. The van der Waals surface area contributed by atoms with Gasteiger partial charge in [-0.1, -0.05) is 0 Å². The van der Waals surface area contributed by atoms with Crippen molar-refractivity contribution in [2.75, 3.05) is 11.1 Å². The normalized spacial score (nSPS) is 10.4. The Morgan fingerprint density at radius 2 is 1.88 bits per heavy atom. The lowest BCUT2D eigenvalue weighted by Crippen LogP contribution is -1.97. The maximum Gasteiger partial charge on any atom is 0.175 e. The number of hydrogen-bond donors (Lipinski definition) is 2. The molecule has 6 heteroatoms. The van der Waals surface area contributed by atoms with Crippen LogP contribution in [-0.4, -0.2) is 9.78 Å². The Morgan fingerprint density at radius 1 is 1.25 bits per heavy atom. The highest BCUT2D eigenvalue weighted by Crippen LogP contribution is 2.21. The van der Waals surface area contributed by atoms with Crippen molar-refractivity contribution in [1.29, 1.82) is 0 Å². The molecule has 16 heavy (non-hydrogen) atoms. The Labute approximate surface area is 90.7 Å². The fraction of sp³-hybridized carbons (Fsp3) is 0.100. The third-order valence-electron chi connectivity index (χ3n) is 1.98. The molecule has 0 amide bonds. The first-order valence-electron chi connectivity index (χ1n) is 4.57. The molecule has 0 saturated carbocycles. The minimum absolute atomic E-state index is 0.267. The zero-order chi connectivity index (χ0) is 11.7. The van der Waals surface area contributed by atoms with Crippen LogP contribution in [0.25, 0.3) is 0 Å². The van der Waals surface area contributed by atoms with Gasteiger partial charge in [0.25, 0.3) is 0 Å². The number of rotatable bonds is 2. The summed E-state index contributed by atoms with van der Waals surface area (Å²) in [4.78, 5) is 0. The maximum absolute atomic E-state index is 12.9. The number of anilines is 3. The molecule has 0 bridgehead atoms. The number of nitrogen functional groups attached to an aromatic ring is 1. The molecule has 1 aromatic carbocycles. The molecule has 2 aromatic rings. The highest BCUT2D eigenvalue weighted by Gasteiger charge is 2.06. The zero-order valence-electron chi connectivity index (χ0n) is 8.54. The third-order valence-corrected chi connectivity index (χ3v) is 1.98. The largest absolute Gasteiger partial charge is 0.394 e. The van der Waals surface area contributed by atoms with E-state index >= 15 is 0 Å². The number of nitrogens with one attached hydrogen (secondary N) is 1. The van der Waals surface area contributed by atoms with Crippen LogP contribution in [0.15, 0.2) is 24.4 Å². The lowest BCUT2D eigenvalue weighted by atomic mass is 10.3. The van der Waals surface area contributed by atoms with Crippen LogP contribution in [0.4, 0.5) is 26.0 Å². The van der Waals surface area contributed by atoms with Crippen molar-refractivity contribution >= 4 is 17.2 Å². The minimum atomic E-state index is -0.656. The van der Waals surface area contributed by atoms with E-state index in [-0.39, 0.29) is 5.69 Å². The summed E-state index contributed by atoms with van der Waals surface area (Å²) >= 11 is 0. The monoisotopic (exact) mass is 224 g/mol. The molecule has 0 aliphatic carbocycles. The molecule has 0 radical (unpaired) electrons. The first kappa shape index (κ1) is 10.4. The standard InChI is InChI=1S/C10H10F2N4/c1-16-5-9(13)10(15-16)14-8-3-6(11)2-7(12)4-8/h2-5H,13H2,1H3,(H,14,15). The van der Waals surface area contributed by atoms with Crippen LogP contribution >= 0.6 is 0 Å². The fourth-order valence-corrected chi connectivity index (χ4v) is 1.37. The van der Waals surface area contributed by atoms with Crippen molar-refractivity contribution in [3.05, 3.63) is 36.0 Å². The smallest absolute Gasteiger partial charge is 0.175 e. The lowest BCUT2D eigenvalue weighted by molar-refractivity contribution is 0.584. The van der Waals surface area contributed by atoms with Crippen LogP contribution in [-0.2, 0) is 7.05 Å². The van der Waals surface area contributed by atoms with E-state index in [0.29, 0.717) is 11.5 Å². The highest BCUT2D eigenvalue weighted by molar-refractivity contribution is 5.67. The van der Waals surface area contributed by atoms with Gasteiger partial charge in [-0.2, -0.15) is 5.10 Å². The molecule has 84 valence electrons. The second kappa shape index (κ2) is 3.80. The van der Waals surface area contributed by atoms with Gasteiger partial charge < -0.3 is 11.1 Å². The molecule has 0 unspecified atom stereocenters. The SMILES string of the molecule is Cn1cc(N)c(Nc2cc(F)cc(F)c2)n1. The second-order valence-electron chi connectivity index (χ2n) is 3.39. The molecule has 0 saturated heterocycles. The Morgan fingerprint density at radius 3 is 2.38 bits per heavy atom. The Kier molecular flexibility index (Phi) is 2.47. The van der Waals surface area contributed by atoms with Crippen molar-refractivity contribution in [3.63, 3.8) is 0 Å².